The molecule has 2 amide bonds. The molecule has 0 bridgehead atoms. The van der Waals surface area contributed by atoms with Crippen molar-refractivity contribution >= 4 is 40.9 Å². The molecule has 168 valence electrons. The van der Waals surface area contributed by atoms with Gasteiger partial charge >= 0.3 is 11.9 Å². The number of esters is 2. The van der Waals surface area contributed by atoms with Crippen molar-refractivity contribution in [1.29, 1.82) is 0 Å². The van der Waals surface area contributed by atoms with Crippen LogP contribution in [0.25, 0.3) is 11.8 Å². The van der Waals surface area contributed by atoms with E-state index in [1.807, 2.05) is 30.5 Å². The van der Waals surface area contributed by atoms with Crippen LogP contribution in [0.5, 0.6) is 0 Å². The molecule has 1 aromatic heterocycles. The summed E-state index contributed by atoms with van der Waals surface area (Å²) in [6.07, 6.45) is 1.31. The first kappa shape index (κ1) is 23.3. The maximum atomic E-state index is 12.7. The van der Waals surface area contributed by atoms with Crippen molar-refractivity contribution in [3.63, 3.8) is 0 Å². The number of amides is 2. The van der Waals surface area contributed by atoms with E-state index in [-0.39, 0.29) is 11.0 Å². The van der Waals surface area contributed by atoms with E-state index in [1.54, 1.807) is 38.1 Å². The van der Waals surface area contributed by atoms with E-state index in [9.17, 15) is 19.2 Å². The van der Waals surface area contributed by atoms with Crippen molar-refractivity contribution in [2.24, 2.45) is 0 Å². The molecule has 1 saturated heterocycles. The molecule has 0 saturated carbocycles. The van der Waals surface area contributed by atoms with Gasteiger partial charge in [-0.2, -0.15) is 0 Å². The highest BCUT2D eigenvalue weighted by atomic mass is 32.2. The molecule has 3 rings (SSSR count). The maximum Gasteiger partial charge on any atom is 0.337 e. The van der Waals surface area contributed by atoms with Gasteiger partial charge < -0.3 is 14.0 Å². The van der Waals surface area contributed by atoms with Crippen LogP contribution in [0.1, 0.15) is 41.2 Å². The summed E-state index contributed by atoms with van der Waals surface area (Å²) in [5, 5.41) is -0.512. The highest BCUT2D eigenvalue weighted by Gasteiger charge is 2.37. The fraction of sp³-hybridized carbons (Fsp3) is 0.304. The van der Waals surface area contributed by atoms with Gasteiger partial charge in [-0.1, -0.05) is 6.07 Å². The Kier molecular flexibility index (Phi) is 6.88. The summed E-state index contributed by atoms with van der Waals surface area (Å²) in [6, 6.07) is 8.92. The zero-order valence-corrected chi connectivity index (χ0v) is 19.3. The maximum absolute atomic E-state index is 12.7. The molecule has 1 aromatic carbocycles. The Morgan fingerprint density at radius 3 is 2.53 bits per heavy atom. The first-order valence-electron chi connectivity index (χ1n) is 9.95. The number of aromatic nitrogens is 1. The van der Waals surface area contributed by atoms with Crippen molar-refractivity contribution in [2.45, 2.75) is 33.8 Å². The number of hydrogen-bond donors (Lipinski definition) is 0. The molecule has 0 N–H and O–H groups in total. The second kappa shape index (κ2) is 9.44. The summed E-state index contributed by atoms with van der Waals surface area (Å²) < 4.78 is 11.8. The number of carbonyl (C=O) groups excluding carboxylic acids is 4. The molecule has 32 heavy (non-hydrogen) atoms. The van der Waals surface area contributed by atoms with Gasteiger partial charge in [0, 0.05) is 17.1 Å². The van der Waals surface area contributed by atoms with Crippen LogP contribution in [0, 0.1) is 13.8 Å². The molecule has 2 aromatic rings. The van der Waals surface area contributed by atoms with E-state index >= 15 is 0 Å². The molecule has 9 heteroatoms. The molecular weight excluding hydrogens is 432 g/mol. The number of carbonyl (C=O) groups is 4. The molecule has 0 spiro atoms. The topological polar surface area (TPSA) is 94.9 Å². The number of imide groups is 1. The lowest BCUT2D eigenvalue weighted by Crippen LogP contribution is -2.35. The van der Waals surface area contributed by atoms with Gasteiger partial charge in [-0.25, -0.2) is 4.79 Å². The van der Waals surface area contributed by atoms with Crippen molar-refractivity contribution < 1.29 is 28.7 Å². The minimum Gasteiger partial charge on any atom is -0.465 e. The summed E-state index contributed by atoms with van der Waals surface area (Å²) in [6.45, 7) is 6.76. The zero-order valence-electron chi connectivity index (χ0n) is 18.5. The standard InChI is InChI=1S/C23H24N2O6S/c1-13(2)31-20(26)12-24-21(27)19(32-23(24)29)11-17-9-14(3)25(15(17)4)18-8-6-7-16(10-18)22(28)30-5/h6-11,13H,12H2,1-5H3/b19-11+. The normalized spacial score (nSPS) is 15.1. The number of ether oxygens (including phenoxy) is 2. The molecule has 0 atom stereocenters. The lowest BCUT2D eigenvalue weighted by molar-refractivity contribution is -0.149. The van der Waals surface area contributed by atoms with Crippen molar-refractivity contribution in [1.82, 2.24) is 9.47 Å². The molecule has 1 fully saturated rings. The number of hydrogen-bond acceptors (Lipinski definition) is 7. The van der Waals surface area contributed by atoms with Crippen LogP contribution >= 0.6 is 11.8 Å². The second-order valence-corrected chi connectivity index (χ2v) is 8.50. The van der Waals surface area contributed by atoms with Crippen LogP contribution < -0.4 is 0 Å². The summed E-state index contributed by atoms with van der Waals surface area (Å²) in [7, 11) is 1.33. The van der Waals surface area contributed by atoms with E-state index in [1.165, 1.54) is 7.11 Å². The fourth-order valence-electron chi connectivity index (χ4n) is 3.43. The first-order chi connectivity index (χ1) is 15.1. The lowest BCUT2D eigenvalue weighted by Gasteiger charge is -2.13. The Balaban J connectivity index is 1.89. The predicted octanol–water partition coefficient (Wildman–Crippen LogP) is 3.87. The molecule has 0 unspecified atom stereocenters. The zero-order chi connectivity index (χ0) is 23.6. The van der Waals surface area contributed by atoms with Crippen LogP contribution in [0.3, 0.4) is 0 Å². The predicted molar refractivity (Wildman–Crippen MR) is 120 cm³/mol. The van der Waals surface area contributed by atoms with Crippen LogP contribution in [0.15, 0.2) is 35.2 Å². The second-order valence-electron chi connectivity index (χ2n) is 7.51. The Morgan fingerprint density at radius 2 is 1.88 bits per heavy atom. The molecule has 0 aliphatic carbocycles. The number of nitrogens with zero attached hydrogens (tertiary/aromatic N) is 2. The molecular formula is C23H24N2O6S. The van der Waals surface area contributed by atoms with Crippen LogP contribution in [-0.2, 0) is 19.1 Å². The number of benzene rings is 1. The third-order valence-corrected chi connectivity index (χ3v) is 5.72. The van der Waals surface area contributed by atoms with Crippen LogP contribution in [-0.4, -0.2) is 52.3 Å². The van der Waals surface area contributed by atoms with Gasteiger partial charge in [-0.3, -0.25) is 19.3 Å². The van der Waals surface area contributed by atoms with E-state index in [0.717, 1.165) is 39.3 Å². The third kappa shape index (κ3) is 4.77. The van der Waals surface area contributed by atoms with Crippen molar-refractivity contribution in [2.75, 3.05) is 13.7 Å². The van der Waals surface area contributed by atoms with Crippen LogP contribution in [0.4, 0.5) is 4.79 Å². The monoisotopic (exact) mass is 456 g/mol. The highest BCUT2D eigenvalue weighted by Crippen LogP contribution is 2.33. The van der Waals surface area contributed by atoms with Gasteiger partial charge in [0.15, 0.2) is 0 Å². The average Bonchev–Trinajstić information content (AvgIpc) is 3.16. The van der Waals surface area contributed by atoms with Crippen molar-refractivity contribution in [3.8, 4) is 5.69 Å². The quantitative estimate of drug-likeness (QED) is 0.481. The van der Waals surface area contributed by atoms with Gasteiger partial charge in [0.2, 0.25) is 0 Å². The first-order valence-corrected chi connectivity index (χ1v) is 10.8. The molecule has 1 aliphatic rings. The van der Waals surface area contributed by atoms with Crippen LogP contribution in [0.2, 0.25) is 0 Å². The Labute approximate surface area is 190 Å². The minimum absolute atomic E-state index is 0.232. The number of thioether (sulfide) groups is 1. The molecule has 2 heterocycles. The van der Waals surface area contributed by atoms with E-state index in [4.69, 9.17) is 9.47 Å². The molecule has 8 nitrogen and oxygen atoms in total. The van der Waals surface area contributed by atoms with Gasteiger partial charge in [0.25, 0.3) is 11.1 Å². The number of rotatable bonds is 6. The third-order valence-electron chi connectivity index (χ3n) is 4.81. The SMILES string of the molecule is COC(=O)c1cccc(-n2c(C)cc(/C=C3/SC(=O)N(CC(=O)OC(C)C)C3=O)c2C)c1. The van der Waals surface area contributed by atoms with E-state index in [0.29, 0.717) is 5.56 Å². The van der Waals surface area contributed by atoms with Gasteiger partial charge in [0.05, 0.1) is 23.7 Å². The summed E-state index contributed by atoms with van der Waals surface area (Å²) in [5.74, 6) is -1.59. The lowest BCUT2D eigenvalue weighted by atomic mass is 10.2. The van der Waals surface area contributed by atoms with Gasteiger partial charge in [-0.05, 0) is 75.4 Å². The molecule has 0 radical (unpaired) electrons. The minimum atomic E-state index is -0.632. The Morgan fingerprint density at radius 1 is 1.16 bits per heavy atom. The van der Waals surface area contributed by atoms with Crippen molar-refractivity contribution in [3.05, 3.63) is 57.8 Å². The smallest absolute Gasteiger partial charge is 0.337 e. The van der Waals surface area contributed by atoms with E-state index in [2.05, 4.69) is 0 Å². The average molecular weight is 457 g/mol. The highest BCUT2D eigenvalue weighted by molar-refractivity contribution is 8.18. The van der Waals surface area contributed by atoms with Gasteiger partial charge in [0.1, 0.15) is 6.54 Å². The van der Waals surface area contributed by atoms with Gasteiger partial charge in [-0.15, -0.1) is 0 Å². The Hall–Kier alpha value is -3.33. The molecule has 1 aliphatic heterocycles. The largest absolute Gasteiger partial charge is 0.465 e. The number of aryl methyl sites for hydroxylation is 1. The summed E-state index contributed by atoms with van der Waals surface area (Å²) in [4.78, 5) is 49.9. The fourth-order valence-corrected chi connectivity index (χ4v) is 4.26. The Bertz CT molecular complexity index is 1130. The summed E-state index contributed by atoms with van der Waals surface area (Å²) in [5.41, 5.74) is 3.66. The summed E-state index contributed by atoms with van der Waals surface area (Å²) >= 11 is 0.787. The van der Waals surface area contributed by atoms with E-state index < -0.39 is 29.6 Å². The number of methoxy groups -OCH3 is 1.